The summed E-state index contributed by atoms with van der Waals surface area (Å²) in [5, 5.41) is 0.538. The molecule has 0 N–H and O–H groups in total. The molecule has 0 spiro atoms. The normalized spacial score (nSPS) is 14.6. The summed E-state index contributed by atoms with van der Waals surface area (Å²) in [5.41, 5.74) is 4.89. The van der Waals surface area contributed by atoms with Crippen LogP contribution in [0.15, 0.2) is 71.4 Å². The van der Waals surface area contributed by atoms with E-state index in [2.05, 4.69) is 0 Å². The average Bonchev–Trinajstić information content (AvgIpc) is 3.29. The van der Waals surface area contributed by atoms with E-state index in [0.29, 0.717) is 27.7 Å². The van der Waals surface area contributed by atoms with Gasteiger partial charge in [0, 0.05) is 27.8 Å². The van der Waals surface area contributed by atoms with Crippen molar-refractivity contribution >= 4 is 41.2 Å². The van der Waals surface area contributed by atoms with Gasteiger partial charge >= 0.3 is 11.9 Å². The molecule has 0 radical (unpaired) electrons. The Kier molecular flexibility index (Phi) is 6.86. The molecule has 184 valence electrons. The number of rotatable bonds is 5. The Bertz CT molecular complexity index is 1450. The van der Waals surface area contributed by atoms with Gasteiger partial charge in [-0.05, 0) is 74.9 Å². The largest absolute Gasteiger partial charge is 0.465 e. The molecule has 4 rings (SSSR count). The molecule has 0 unspecified atom stereocenters. The van der Waals surface area contributed by atoms with Crippen LogP contribution in [0, 0.1) is 13.8 Å². The average molecular weight is 505 g/mol. The summed E-state index contributed by atoms with van der Waals surface area (Å²) in [6.07, 6.45) is 1.69. The lowest BCUT2D eigenvalue weighted by Gasteiger charge is -2.18. The van der Waals surface area contributed by atoms with Crippen molar-refractivity contribution in [3.05, 3.63) is 99.0 Å². The second kappa shape index (κ2) is 9.87. The monoisotopic (exact) mass is 504 g/mol. The maximum absolute atomic E-state index is 13.6. The van der Waals surface area contributed by atoms with Gasteiger partial charge in [0.1, 0.15) is 0 Å². The van der Waals surface area contributed by atoms with Crippen LogP contribution in [0.25, 0.3) is 11.8 Å². The number of allylic oxidation sites excluding steroid dienone is 1. The van der Waals surface area contributed by atoms with Crippen molar-refractivity contribution in [3.63, 3.8) is 0 Å². The maximum Gasteiger partial charge on any atom is 0.340 e. The fourth-order valence-electron chi connectivity index (χ4n) is 4.49. The zero-order chi connectivity index (χ0) is 26.1. The summed E-state index contributed by atoms with van der Waals surface area (Å²) < 4.78 is 11.9. The first-order chi connectivity index (χ1) is 17.2. The van der Waals surface area contributed by atoms with Crippen LogP contribution in [0.4, 0.5) is 5.69 Å². The highest BCUT2D eigenvalue weighted by atomic mass is 35.5. The van der Waals surface area contributed by atoms with Gasteiger partial charge in [-0.25, -0.2) is 9.59 Å². The van der Waals surface area contributed by atoms with E-state index in [-0.39, 0.29) is 17.1 Å². The summed E-state index contributed by atoms with van der Waals surface area (Å²) in [7, 11) is 2.62. The Morgan fingerprint density at radius 3 is 2.19 bits per heavy atom. The molecule has 1 amide bonds. The van der Waals surface area contributed by atoms with Gasteiger partial charge in [-0.1, -0.05) is 23.7 Å². The minimum atomic E-state index is -0.603. The predicted molar refractivity (Wildman–Crippen MR) is 138 cm³/mol. The molecule has 0 fully saturated rings. The van der Waals surface area contributed by atoms with E-state index in [1.807, 2.05) is 36.6 Å². The standard InChI is InChI=1S/C28H25ClN2O5/c1-16-14-19(17(2)30(16)24-9-7-6-8-22(24)27(33)35-4)15-23-25(28(34)36-5)18(3)31(26(23)32)21-12-10-20(29)11-13-21/h6-15H,1-5H3/b23-15-. The first kappa shape index (κ1) is 25.0. The van der Waals surface area contributed by atoms with Crippen LogP contribution in [-0.2, 0) is 19.1 Å². The van der Waals surface area contributed by atoms with Crippen molar-refractivity contribution < 1.29 is 23.9 Å². The quantitative estimate of drug-likeness (QED) is 0.343. The van der Waals surface area contributed by atoms with E-state index in [9.17, 15) is 14.4 Å². The van der Waals surface area contributed by atoms with Gasteiger partial charge in [0.15, 0.2) is 0 Å². The van der Waals surface area contributed by atoms with Crippen molar-refractivity contribution in [2.24, 2.45) is 0 Å². The van der Waals surface area contributed by atoms with Crippen LogP contribution in [0.2, 0.25) is 5.02 Å². The van der Waals surface area contributed by atoms with Crippen LogP contribution in [-0.4, -0.2) is 36.6 Å². The van der Waals surface area contributed by atoms with Crippen LogP contribution < -0.4 is 4.90 Å². The molecule has 7 nitrogen and oxygen atoms in total. The number of hydrogen-bond donors (Lipinski definition) is 0. The Labute approximate surface area is 214 Å². The number of benzene rings is 2. The molecule has 1 aromatic heterocycles. The van der Waals surface area contributed by atoms with Crippen molar-refractivity contribution in [2.45, 2.75) is 20.8 Å². The number of esters is 2. The van der Waals surface area contributed by atoms with Gasteiger partial charge in [0.05, 0.1) is 36.6 Å². The predicted octanol–water partition coefficient (Wildman–Crippen LogP) is 5.41. The van der Waals surface area contributed by atoms with Crippen LogP contribution in [0.5, 0.6) is 0 Å². The molecule has 1 aliphatic heterocycles. The number of amides is 1. The molecule has 3 aromatic rings. The first-order valence-electron chi connectivity index (χ1n) is 11.2. The molecule has 0 bridgehead atoms. The minimum absolute atomic E-state index is 0.192. The molecule has 0 atom stereocenters. The third-order valence-electron chi connectivity index (χ3n) is 6.19. The number of hydrogen-bond acceptors (Lipinski definition) is 5. The number of ether oxygens (including phenoxy) is 2. The van der Waals surface area contributed by atoms with Crippen molar-refractivity contribution in [2.75, 3.05) is 19.1 Å². The molecule has 8 heteroatoms. The maximum atomic E-state index is 13.6. The van der Waals surface area contributed by atoms with Crippen molar-refractivity contribution in [3.8, 4) is 5.69 Å². The lowest BCUT2D eigenvalue weighted by atomic mass is 10.0. The molecule has 0 saturated heterocycles. The summed E-state index contributed by atoms with van der Waals surface area (Å²) in [6, 6.07) is 15.8. The Hall–Kier alpha value is -4.10. The minimum Gasteiger partial charge on any atom is -0.465 e. The zero-order valence-corrected chi connectivity index (χ0v) is 21.3. The first-order valence-corrected chi connectivity index (χ1v) is 11.5. The topological polar surface area (TPSA) is 77.8 Å². The summed E-state index contributed by atoms with van der Waals surface area (Å²) in [4.78, 5) is 40.2. The third kappa shape index (κ3) is 4.22. The highest BCUT2D eigenvalue weighted by Crippen LogP contribution is 2.37. The zero-order valence-electron chi connectivity index (χ0n) is 20.6. The SMILES string of the molecule is COC(=O)C1=C(C)N(c2ccc(Cl)cc2)C(=O)/C1=C\c1cc(C)n(-c2ccccc2C(=O)OC)c1C. The molecule has 2 aromatic carbocycles. The Morgan fingerprint density at radius 1 is 0.917 bits per heavy atom. The van der Waals surface area contributed by atoms with E-state index in [1.165, 1.54) is 19.1 Å². The summed E-state index contributed by atoms with van der Waals surface area (Å²) in [5.74, 6) is -1.41. The van der Waals surface area contributed by atoms with Crippen molar-refractivity contribution in [1.29, 1.82) is 0 Å². The van der Waals surface area contributed by atoms with E-state index in [1.54, 1.807) is 49.4 Å². The fraction of sp³-hybridized carbons (Fsp3) is 0.179. The van der Waals surface area contributed by atoms with Gasteiger partial charge in [-0.2, -0.15) is 0 Å². The molecule has 0 aliphatic carbocycles. The lowest BCUT2D eigenvalue weighted by molar-refractivity contribution is -0.136. The van der Waals surface area contributed by atoms with Crippen LogP contribution in [0.3, 0.4) is 0 Å². The Morgan fingerprint density at radius 2 is 1.56 bits per heavy atom. The van der Waals surface area contributed by atoms with Crippen molar-refractivity contribution in [1.82, 2.24) is 4.57 Å². The number of aryl methyl sites for hydroxylation is 1. The van der Waals surface area contributed by atoms with Gasteiger partial charge in [0.2, 0.25) is 0 Å². The van der Waals surface area contributed by atoms with Gasteiger partial charge < -0.3 is 14.0 Å². The smallest absolute Gasteiger partial charge is 0.340 e. The Balaban J connectivity index is 1.86. The van der Waals surface area contributed by atoms with E-state index in [0.717, 1.165) is 17.0 Å². The number of anilines is 1. The highest BCUT2D eigenvalue weighted by Gasteiger charge is 2.38. The van der Waals surface area contributed by atoms with Crippen LogP contribution >= 0.6 is 11.6 Å². The second-order valence-corrected chi connectivity index (χ2v) is 8.73. The van der Waals surface area contributed by atoms with Gasteiger partial charge in [-0.3, -0.25) is 9.69 Å². The summed E-state index contributed by atoms with van der Waals surface area (Å²) in [6.45, 7) is 5.50. The molecule has 0 saturated carbocycles. The molecular formula is C28H25ClN2O5. The number of para-hydroxylation sites is 1. The fourth-order valence-corrected chi connectivity index (χ4v) is 4.62. The lowest BCUT2D eigenvalue weighted by Crippen LogP contribution is -2.24. The number of halogens is 1. The number of carbonyl (C=O) groups is 3. The molecule has 1 aliphatic rings. The van der Waals surface area contributed by atoms with E-state index < -0.39 is 11.9 Å². The third-order valence-corrected chi connectivity index (χ3v) is 6.45. The number of methoxy groups -OCH3 is 2. The number of carbonyl (C=O) groups excluding carboxylic acids is 3. The number of nitrogens with zero attached hydrogens (tertiary/aromatic N) is 2. The second-order valence-electron chi connectivity index (χ2n) is 8.30. The number of aromatic nitrogens is 1. The highest BCUT2D eigenvalue weighted by molar-refractivity contribution is 6.30. The van der Waals surface area contributed by atoms with E-state index in [4.69, 9.17) is 21.1 Å². The van der Waals surface area contributed by atoms with E-state index >= 15 is 0 Å². The van der Waals surface area contributed by atoms with Crippen LogP contribution in [0.1, 0.15) is 34.2 Å². The van der Waals surface area contributed by atoms with Gasteiger partial charge in [0.25, 0.3) is 5.91 Å². The molecule has 36 heavy (non-hydrogen) atoms. The molecular weight excluding hydrogens is 480 g/mol. The van der Waals surface area contributed by atoms with Gasteiger partial charge in [-0.15, -0.1) is 0 Å². The molecule has 2 heterocycles. The summed E-state index contributed by atoms with van der Waals surface area (Å²) >= 11 is 6.02.